The Morgan fingerprint density at radius 1 is 1.38 bits per heavy atom. The number of nitrogens with one attached hydrogen (secondary N) is 1. The van der Waals surface area contributed by atoms with E-state index < -0.39 is 5.97 Å². The van der Waals surface area contributed by atoms with Gasteiger partial charge in [0.15, 0.2) is 0 Å². The van der Waals surface area contributed by atoms with E-state index in [1.165, 1.54) is 0 Å². The minimum Gasteiger partial charge on any atom is -0.481 e. The van der Waals surface area contributed by atoms with E-state index in [1.807, 2.05) is 18.2 Å². The zero-order valence-electron chi connectivity index (χ0n) is 12.9. The van der Waals surface area contributed by atoms with Crippen LogP contribution in [-0.2, 0) is 11.2 Å². The van der Waals surface area contributed by atoms with Gasteiger partial charge >= 0.3 is 12.0 Å². The molecule has 21 heavy (non-hydrogen) atoms. The van der Waals surface area contributed by atoms with Gasteiger partial charge in [0.2, 0.25) is 0 Å². The SMILES string of the molecule is CCC(C)CN(C)C(=O)Nc1cccc(CCC(=O)O)c1. The Labute approximate surface area is 126 Å². The number of rotatable bonds is 7. The summed E-state index contributed by atoms with van der Waals surface area (Å²) in [6, 6.07) is 7.16. The molecule has 0 spiro atoms. The van der Waals surface area contributed by atoms with Gasteiger partial charge in [-0.3, -0.25) is 4.79 Å². The molecule has 0 bridgehead atoms. The lowest BCUT2D eigenvalue weighted by atomic mass is 10.1. The van der Waals surface area contributed by atoms with Crippen molar-refractivity contribution in [3.05, 3.63) is 29.8 Å². The van der Waals surface area contributed by atoms with Gasteiger partial charge in [0.05, 0.1) is 0 Å². The van der Waals surface area contributed by atoms with E-state index in [0.29, 0.717) is 24.6 Å². The Kier molecular flexibility index (Phi) is 6.72. The van der Waals surface area contributed by atoms with Crippen molar-refractivity contribution in [2.24, 2.45) is 5.92 Å². The zero-order valence-corrected chi connectivity index (χ0v) is 12.9. The van der Waals surface area contributed by atoms with Crippen LogP contribution in [0.4, 0.5) is 10.5 Å². The first kappa shape index (κ1) is 17.0. The minimum atomic E-state index is -0.822. The maximum Gasteiger partial charge on any atom is 0.321 e. The van der Waals surface area contributed by atoms with Crippen LogP contribution < -0.4 is 5.32 Å². The average Bonchev–Trinajstić information content (AvgIpc) is 2.45. The molecular weight excluding hydrogens is 268 g/mol. The number of nitrogens with zero attached hydrogens (tertiary/aromatic N) is 1. The highest BCUT2D eigenvalue weighted by Gasteiger charge is 2.11. The third kappa shape index (κ3) is 6.29. The van der Waals surface area contributed by atoms with E-state index in [9.17, 15) is 9.59 Å². The summed E-state index contributed by atoms with van der Waals surface area (Å²) in [5, 5.41) is 11.5. The lowest BCUT2D eigenvalue weighted by Crippen LogP contribution is -2.34. The predicted molar refractivity (Wildman–Crippen MR) is 83.5 cm³/mol. The van der Waals surface area contributed by atoms with Crippen LogP contribution in [0.3, 0.4) is 0 Å². The number of urea groups is 1. The summed E-state index contributed by atoms with van der Waals surface area (Å²) in [6.45, 7) is 4.92. The number of carboxylic acids is 1. The van der Waals surface area contributed by atoms with Crippen LogP contribution in [0.2, 0.25) is 0 Å². The molecule has 0 aliphatic carbocycles. The summed E-state index contributed by atoms with van der Waals surface area (Å²) in [4.78, 5) is 24.3. The maximum absolute atomic E-state index is 12.1. The molecule has 1 unspecified atom stereocenters. The Morgan fingerprint density at radius 3 is 2.71 bits per heavy atom. The van der Waals surface area contributed by atoms with Crippen molar-refractivity contribution in [2.45, 2.75) is 33.1 Å². The van der Waals surface area contributed by atoms with E-state index >= 15 is 0 Å². The molecule has 1 rings (SSSR count). The Balaban J connectivity index is 2.59. The lowest BCUT2D eigenvalue weighted by Gasteiger charge is -2.21. The van der Waals surface area contributed by atoms with Crippen molar-refractivity contribution in [1.82, 2.24) is 4.90 Å². The van der Waals surface area contributed by atoms with Crippen molar-refractivity contribution in [2.75, 3.05) is 18.9 Å². The molecule has 0 aliphatic rings. The molecule has 0 fully saturated rings. The fourth-order valence-electron chi connectivity index (χ4n) is 1.95. The predicted octanol–water partition coefficient (Wildman–Crippen LogP) is 3.21. The second-order valence-corrected chi connectivity index (χ2v) is 5.42. The molecule has 1 atom stereocenters. The Hall–Kier alpha value is -2.04. The molecule has 2 amide bonds. The van der Waals surface area contributed by atoms with Crippen molar-refractivity contribution in [3.8, 4) is 0 Å². The normalized spacial score (nSPS) is 11.8. The van der Waals surface area contributed by atoms with Gasteiger partial charge in [0.1, 0.15) is 0 Å². The van der Waals surface area contributed by atoms with Gasteiger partial charge in [-0.1, -0.05) is 32.4 Å². The molecule has 0 saturated carbocycles. The summed E-state index contributed by atoms with van der Waals surface area (Å²) in [7, 11) is 1.77. The average molecular weight is 292 g/mol. The summed E-state index contributed by atoms with van der Waals surface area (Å²) >= 11 is 0. The number of carbonyl (C=O) groups is 2. The first-order valence-corrected chi connectivity index (χ1v) is 7.25. The van der Waals surface area contributed by atoms with Crippen LogP contribution in [-0.4, -0.2) is 35.6 Å². The molecule has 1 aromatic rings. The van der Waals surface area contributed by atoms with Gasteiger partial charge in [-0.25, -0.2) is 4.79 Å². The molecule has 2 N–H and O–H groups in total. The standard InChI is InChI=1S/C16H24N2O3/c1-4-12(2)11-18(3)16(21)17-14-7-5-6-13(10-14)8-9-15(19)20/h5-7,10,12H,4,8-9,11H2,1-3H3,(H,17,21)(H,19,20). The molecule has 5 nitrogen and oxygen atoms in total. The summed E-state index contributed by atoms with van der Waals surface area (Å²) in [6.07, 6.45) is 1.58. The summed E-state index contributed by atoms with van der Waals surface area (Å²) in [5.74, 6) is -0.361. The zero-order chi connectivity index (χ0) is 15.8. The minimum absolute atomic E-state index is 0.0886. The fraction of sp³-hybridized carbons (Fsp3) is 0.500. The Morgan fingerprint density at radius 2 is 2.10 bits per heavy atom. The molecule has 0 radical (unpaired) electrons. The summed E-state index contributed by atoms with van der Waals surface area (Å²) < 4.78 is 0. The molecule has 5 heteroatoms. The largest absolute Gasteiger partial charge is 0.481 e. The highest BCUT2D eigenvalue weighted by atomic mass is 16.4. The first-order chi connectivity index (χ1) is 9.92. The molecular formula is C16H24N2O3. The van der Waals surface area contributed by atoms with Gasteiger partial charge in [-0.2, -0.15) is 0 Å². The van der Waals surface area contributed by atoms with Crippen molar-refractivity contribution in [3.63, 3.8) is 0 Å². The van der Waals surface area contributed by atoms with Gasteiger partial charge in [-0.15, -0.1) is 0 Å². The third-order valence-electron chi connectivity index (χ3n) is 3.43. The first-order valence-electron chi connectivity index (χ1n) is 7.25. The van der Waals surface area contributed by atoms with Gasteiger partial charge in [0.25, 0.3) is 0 Å². The number of amides is 2. The van der Waals surface area contributed by atoms with E-state index in [-0.39, 0.29) is 12.5 Å². The molecule has 0 aliphatic heterocycles. The third-order valence-corrected chi connectivity index (χ3v) is 3.43. The topological polar surface area (TPSA) is 69.6 Å². The number of carboxylic acid groups (broad SMARTS) is 1. The second kappa shape index (κ2) is 8.29. The quantitative estimate of drug-likeness (QED) is 0.810. The number of anilines is 1. The molecule has 116 valence electrons. The van der Waals surface area contributed by atoms with Gasteiger partial charge in [0, 0.05) is 25.7 Å². The Bertz CT molecular complexity index is 488. The highest BCUT2D eigenvalue weighted by Crippen LogP contribution is 2.13. The molecule has 0 saturated heterocycles. The van der Waals surface area contributed by atoms with Crippen LogP contribution in [0.25, 0.3) is 0 Å². The molecule has 1 aromatic carbocycles. The fourth-order valence-corrected chi connectivity index (χ4v) is 1.95. The number of benzene rings is 1. The van der Waals surface area contributed by atoms with Crippen molar-refractivity contribution in [1.29, 1.82) is 0 Å². The number of aliphatic carboxylic acids is 1. The van der Waals surface area contributed by atoms with E-state index in [2.05, 4.69) is 19.2 Å². The lowest BCUT2D eigenvalue weighted by molar-refractivity contribution is -0.136. The number of hydrogen-bond donors (Lipinski definition) is 2. The van der Waals surface area contributed by atoms with Crippen LogP contribution in [0.15, 0.2) is 24.3 Å². The molecule has 0 heterocycles. The summed E-state index contributed by atoms with van der Waals surface area (Å²) in [5.41, 5.74) is 1.60. The monoisotopic (exact) mass is 292 g/mol. The highest BCUT2D eigenvalue weighted by molar-refractivity contribution is 5.89. The van der Waals surface area contributed by atoms with Crippen LogP contribution >= 0.6 is 0 Å². The maximum atomic E-state index is 12.1. The van der Waals surface area contributed by atoms with E-state index in [1.54, 1.807) is 18.0 Å². The van der Waals surface area contributed by atoms with E-state index in [4.69, 9.17) is 5.11 Å². The van der Waals surface area contributed by atoms with Crippen molar-refractivity contribution >= 4 is 17.7 Å². The van der Waals surface area contributed by atoms with Crippen LogP contribution in [0.5, 0.6) is 0 Å². The van der Waals surface area contributed by atoms with Crippen LogP contribution in [0, 0.1) is 5.92 Å². The van der Waals surface area contributed by atoms with E-state index in [0.717, 1.165) is 12.0 Å². The van der Waals surface area contributed by atoms with Crippen LogP contribution in [0.1, 0.15) is 32.3 Å². The van der Waals surface area contributed by atoms with Gasteiger partial charge in [-0.05, 0) is 30.0 Å². The number of aryl methyl sites for hydroxylation is 1. The number of carbonyl (C=O) groups excluding carboxylic acids is 1. The smallest absolute Gasteiger partial charge is 0.321 e. The van der Waals surface area contributed by atoms with Gasteiger partial charge < -0.3 is 15.3 Å². The molecule has 0 aromatic heterocycles. The number of hydrogen-bond acceptors (Lipinski definition) is 2. The van der Waals surface area contributed by atoms with Crippen molar-refractivity contribution < 1.29 is 14.7 Å². The second-order valence-electron chi connectivity index (χ2n) is 5.42.